The minimum atomic E-state index is -4.88. The van der Waals surface area contributed by atoms with Crippen LogP contribution in [0.4, 0.5) is 29.2 Å². The zero-order valence-corrected chi connectivity index (χ0v) is 16.5. The van der Waals surface area contributed by atoms with Crippen LogP contribution in [0.3, 0.4) is 0 Å². The van der Waals surface area contributed by atoms with Gasteiger partial charge in [-0.05, 0) is 43.7 Å². The minimum absolute atomic E-state index is 0.0554. The van der Waals surface area contributed by atoms with Gasteiger partial charge in [0.1, 0.15) is 11.6 Å². The molecule has 0 atom stereocenters. The van der Waals surface area contributed by atoms with Crippen molar-refractivity contribution in [1.29, 1.82) is 0 Å². The second kappa shape index (κ2) is 8.62. The van der Waals surface area contributed by atoms with Gasteiger partial charge in [-0.1, -0.05) is 18.2 Å². The fourth-order valence-corrected chi connectivity index (χ4v) is 2.86. The number of benzene rings is 2. The van der Waals surface area contributed by atoms with Gasteiger partial charge in [0.05, 0.1) is 6.54 Å². The van der Waals surface area contributed by atoms with Crippen LogP contribution in [0.1, 0.15) is 25.5 Å². The molecule has 0 saturated heterocycles. The van der Waals surface area contributed by atoms with Crippen LogP contribution >= 0.6 is 0 Å². The molecule has 1 N–H and O–H groups in total. The summed E-state index contributed by atoms with van der Waals surface area (Å²) in [5.74, 6) is -1.12. The summed E-state index contributed by atoms with van der Waals surface area (Å²) >= 11 is 0. The van der Waals surface area contributed by atoms with Crippen LogP contribution in [0, 0.1) is 5.82 Å². The molecule has 7 nitrogen and oxygen atoms in total. The Labute approximate surface area is 173 Å². The van der Waals surface area contributed by atoms with Crippen molar-refractivity contribution in [3.63, 3.8) is 0 Å². The zero-order valence-electron chi connectivity index (χ0n) is 16.5. The van der Waals surface area contributed by atoms with E-state index in [9.17, 15) is 27.2 Å². The van der Waals surface area contributed by atoms with Crippen molar-refractivity contribution in [2.24, 2.45) is 0 Å². The predicted molar refractivity (Wildman–Crippen MR) is 105 cm³/mol. The van der Waals surface area contributed by atoms with Crippen LogP contribution in [-0.4, -0.2) is 20.5 Å². The van der Waals surface area contributed by atoms with E-state index in [2.05, 4.69) is 15.0 Å². The topological polar surface area (TPSA) is 78.2 Å². The summed E-state index contributed by atoms with van der Waals surface area (Å²) in [6, 6.07) is 9.78. The lowest BCUT2D eigenvalue weighted by atomic mass is 10.2. The van der Waals surface area contributed by atoms with Crippen LogP contribution in [0.2, 0.25) is 0 Å². The third-order valence-electron chi connectivity index (χ3n) is 4.19. The van der Waals surface area contributed by atoms with E-state index in [0.29, 0.717) is 5.56 Å². The fourth-order valence-electron chi connectivity index (χ4n) is 2.86. The molecule has 0 aliphatic carbocycles. The number of hydrogen-bond donors (Lipinski definition) is 1. The van der Waals surface area contributed by atoms with Crippen molar-refractivity contribution in [1.82, 2.24) is 14.1 Å². The second-order valence-electron chi connectivity index (χ2n) is 6.88. The van der Waals surface area contributed by atoms with E-state index >= 15 is 0 Å². The minimum Gasteiger partial charge on any atom is -0.406 e. The van der Waals surface area contributed by atoms with Crippen LogP contribution < -0.4 is 21.4 Å². The normalized spacial score (nSPS) is 11.6. The molecule has 3 rings (SSSR count). The number of hydrogen-bond acceptors (Lipinski definition) is 5. The monoisotopic (exact) mass is 438 g/mol. The molecule has 0 aliphatic heterocycles. The van der Waals surface area contributed by atoms with E-state index in [1.165, 1.54) is 36.4 Å². The Balaban J connectivity index is 2.05. The molecule has 3 aromatic rings. The molecule has 164 valence electrons. The third kappa shape index (κ3) is 5.50. The van der Waals surface area contributed by atoms with Gasteiger partial charge in [-0.2, -0.15) is 4.98 Å². The van der Waals surface area contributed by atoms with Gasteiger partial charge in [0, 0.05) is 17.8 Å². The van der Waals surface area contributed by atoms with Crippen molar-refractivity contribution in [3.05, 3.63) is 80.9 Å². The van der Waals surface area contributed by atoms with Gasteiger partial charge >= 0.3 is 17.7 Å². The first-order valence-electron chi connectivity index (χ1n) is 9.14. The number of alkyl halides is 3. The highest BCUT2D eigenvalue weighted by molar-refractivity contribution is 5.56. The standard InChI is InChI=1S/C20H18F4N4O3/c1-12(2)28-18(29)26-17(25-15-4-3-5-16(10-15)31-20(22,23)24)27(19(28)30)11-13-6-8-14(21)9-7-13/h3-10,12H,11H2,1-2H3,(H,25,26,29). The number of ether oxygens (including phenoxy) is 1. The molecule has 11 heteroatoms. The molecule has 0 bridgehead atoms. The van der Waals surface area contributed by atoms with E-state index in [1.54, 1.807) is 13.8 Å². The number of rotatable bonds is 6. The Kier molecular flexibility index (Phi) is 6.14. The largest absolute Gasteiger partial charge is 0.573 e. The van der Waals surface area contributed by atoms with Gasteiger partial charge < -0.3 is 10.1 Å². The molecule has 0 fully saturated rings. The number of aromatic nitrogens is 3. The number of nitrogens with one attached hydrogen (secondary N) is 1. The smallest absolute Gasteiger partial charge is 0.406 e. The van der Waals surface area contributed by atoms with E-state index in [4.69, 9.17) is 0 Å². The lowest BCUT2D eigenvalue weighted by molar-refractivity contribution is -0.274. The van der Waals surface area contributed by atoms with Crippen LogP contribution in [0.15, 0.2) is 58.1 Å². The third-order valence-corrected chi connectivity index (χ3v) is 4.19. The summed E-state index contributed by atoms with van der Waals surface area (Å²) in [5.41, 5.74) is -0.829. The average molecular weight is 438 g/mol. The molecule has 0 radical (unpaired) electrons. The van der Waals surface area contributed by atoms with Gasteiger partial charge in [0.25, 0.3) is 0 Å². The van der Waals surface area contributed by atoms with E-state index < -0.39 is 35.4 Å². The molecule has 0 amide bonds. The molecule has 0 aliphatic rings. The molecule has 1 aromatic heterocycles. The van der Waals surface area contributed by atoms with Crippen molar-refractivity contribution >= 4 is 11.6 Å². The highest BCUT2D eigenvalue weighted by Crippen LogP contribution is 2.26. The van der Waals surface area contributed by atoms with Crippen LogP contribution in [0.5, 0.6) is 5.75 Å². The SMILES string of the molecule is CC(C)n1c(=O)nc(Nc2cccc(OC(F)(F)F)c2)n(Cc2ccc(F)cc2)c1=O. The molecule has 31 heavy (non-hydrogen) atoms. The Morgan fingerprint density at radius 1 is 1.10 bits per heavy atom. The first-order valence-corrected chi connectivity index (χ1v) is 9.14. The number of halogens is 4. The number of nitrogens with zero attached hydrogens (tertiary/aromatic N) is 3. The highest BCUT2D eigenvalue weighted by atomic mass is 19.4. The van der Waals surface area contributed by atoms with E-state index in [-0.39, 0.29) is 18.2 Å². The lowest BCUT2D eigenvalue weighted by Gasteiger charge is -2.17. The van der Waals surface area contributed by atoms with Crippen molar-refractivity contribution in [3.8, 4) is 5.75 Å². The number of anilines is 2. The summed E-state index contributed by atoms with van der Waals surface area (Å²) in [6.45, 7) is 3.22. The lowest BCUT2D eigenvalue weighted by Crippen LogP contribution is -2.43. The predicted octanol–water partition coefficient (Wildman–Crippen LogP) is 3.82. The van der Waals surface area contributed by atoms with Crippen LogP contribution in [-0.2, 0) is 6.54 Å². The fraction of sp³-hybridized carbons (Fsp3) is 0.250. The summed E-state index contributed by atoms with van der Waals surface area (Å²) in [7, 11) is 0. The maximum atomic E-state index is 13.2. The van der Waals surface area contributed by atoms with Gasteiger partial charge in [-0.25, -0.2) is 18.5 Å². The first kappa shape index (κ1) is 22.1. The summed E-state index contributed by atoms with van der Waals surface area (Å²) in [6.07, 6.45) is -4.88. The molecule has 0 spiro atoms. The zero-order chi connectivity index (χ0) is 22.8. The van der Waals surface area contributed by atoms with Crippen molar-refractivity contribution in [2.45, 2.75) is 32.8 Å². The molecular weight excluding hydrogens is 420 g/mol. The quantitative estimate of drug-likeness (QED) is 0.592. The van der Waals surface area contributed by atoms with Gasteiger partial charge in [-0.15, -0.1) is 13.2 Å². The van der Waals surface area contributed by atoms with Crippen LogP contribution in [0.25, 0.3) is 0 Å². The second-order valence-corrected chi connectivity index (χ2v) is 6.88. The summed E-state index contributed by atoms with van der Waals surface area (Å²) in [5, 5.41) is 2.70. The molecular formula is C20H18F4N4O3. The summed E-state index contributed by atoms with van der Waals surface area (Å²) in [4.78, 5) is 29.2. The van der Waals surface area contributed by atoms with Crippen molar-refractivity contribution < 1.29 is 22.3 Å². The Hall–Kier alpha value is -3.63. The molecule has 1 heterocycles. The first-order chi connectivity index (χ1) is 14.5. The molecule has 0 saturated carbocycles. The average Bonchev–Trinajstić information content (AvgIpc) is 2.65. The highest BCUT2D eigenvalue weighted by Gasteiger charge is 2.31. The Bertz CT molecular complexity index is 1180. The van der Waals surface area contributed by atoms with Gasteiger partial charge in [0.15, 0.2) is 0 Å². The van der Waals surface area contributed by atoms with E-state index in [0.717, 1.165) is 21.3 Å². The maximum absolute atomic E-state index is 13.2. The van der Waals surface area contributed by atoms with Gasteiger partial charge in [-0.3, -0.25) is 4.57 Å². The maximum Gasteiger partial charge on any atom is 0.573 e. The Morgan fingerprint density at radius 2 is 1.77 bits per heavy atom. The molecule has 2 aromatic carbocycles. The Morgan fingerprint density at radius 3 is 2.39 bits per heavy atom. The molecule has 0 unspecified atom stereocenters. The van der Waals surface area contributed by atoms with Crippen molar-refractivity contribution in [2.75, 3.05) is 5.32 Å². The summed E-state index contributed by atoms with van der Waals surface area (Å²) < 4.78 is 56.7. The van der Waals surface area contributed by atoms with Gasteiger partial charge in [0.2, 0.25) is 5.95 Å². The van der Waals surface area contributed by atoms with E-state index in [1.807, 2.05) is 0 Å².